The summed E-state index contributed by atoms with van der Waals surface area (Å²) in [4.78, 5) is 13.8. The van der Waals surface area contributed by atoms with Gasteiger partial charge in [0, 0.05) is 13.6 Å². The van der Waals surface area contributed by atoms with Gasteiger partial charge in [-0.15, -0.1) is 0 Å². The van der Waals surface area contributed by atoms with Crippen LogP contribution in [-0.2, 0) is 6.54 Å². The van der Waals surface area contributed by atoms with E-state index < -0.39 is 0 Å². The lowest BCUT2D eigenvalue weighted by atomic mass is 10.2. The normalized spacial score (nSPS) is 10.4. The Morgan fingerprint density at radius 3 is 2.80 bits per heavy atom. The minimum Gasteiger partial charge on any atom is -0.464 e. The minimum atomic E-state index is -0.278. The Balaban J connectivity index is 2.18. The molecule has 0 amide bonds. The van der Waals surface area contributed by atoms with E-state index in [9.17, 15) is 4.39 Å². The average Bonchev–Trinajstić information content (AvgIpc) is 2.38. The first-order valence-corrected chi connectivity index (χ1v) is 6.46. The summed E-state index contributed by atoms with van der Waals surface area (Å²) in [5.74, 6) is 0.0947. The molecule has 0 fully saturated rings. The first kappa shape index (κ1) is 14.5. The highest BCUT2D eigenvalue weighted by Gasteiger charge is 2.10. The van der Waals surface area contributed by atoms with Crippen molar-refractivity contribution in [2.75, 3.05) is 18.6 Å². The van der Waals surface area contributed by atoms with E-state index in [1.165, 1.54) is 12.1 Å². The fourth-order valence-corrected chi connectivity index (χ4v) is 1.81. The van der Waals surface area contributed by atoms with Crippen molar-refractivity contribution in [1.82, 2.24) is 15.0 Å². The van der Waals surface area contributed by atoms with Crippen LogP contribution in [0.3, 0.4) is 0 Å². The second-order valence-corrected chi connectivity index (χ2v) is 4.44. The van der Waals surface area contributed by atoms with Crippen LogP contribution in [0.4, 0.5) is 10.3 Å². The molecule has 1 aromatic carbocycles. The lowest BCUT2D eigenvalue weighted by Gasteiger charge is -2.17. The molecule has 1 heterocycles. The van der Waals surface area contributed by atoms with Crippen LogP contribution >= 0.6 is 11.6 Å². The Bertz CT molecular complexity index is 596. The van der Waals surface area contributed by atoms with Crippen molar-refractivity contribution in [3.63, 3.8) is 0 Å². The number of hydrogen-bond acceptors (Lipinski definition) is 5. The SMILES string of the molecule is CCOc1nc(Cl)nc(N(C)Cc2cccc(F)c2)n1. The summed E-state index contributed by atoms with van der Waals surface area (Å²) in [7, 11) is 1.78. The fraction of sp³-hybridized carbons (Fsp3) is 0.308. The van der Waals surface area contributed by atoms with Crippen LogP contribution in [-0.4, -0.2) is 28.6 Å². The summed E-state index contributed by atoms with van der Waals surface area (Å²) in [6, 6.07) is 6.52. The van der Waals surface area contributed by atoms with E-state index in [-0.39, 0.29) is 17.1 Å². The van der Waals surface area contributed by atoms with Crippen LogP contribution in [0.2, 0.25) is 5.28 Å². The summed E-state index contributed by atoms with van der Waals surface area (Å²) in [6.07, 6.45) is 0. The van der Waals surface area contributed by atoms with Gasteiger partial charge in [0.2, 0.25) is 11.2 Å². The quantitative estimate of drug-likeness (QED) is 0.849. The molecule has 106 valence electrons. The van der Waals surface area contributed by atoms with Gasteiger partial charge in [-0.25, -0.2) is 4.39 Å². The van der Waals surface area contributed by atoms with E-state index in [0.717, 1.165) is 5.56 Å². The highest BCUT2D eigenvalue weighted by molar-refractivity contribution is 6.28. The molecule has 20 heavy (non-hydrogen) atoms. The number of nitrogens with zero attached hydrogens (tertiary/aromatic N) is 4. The molecule has 0 aliphatic carbocycles. The van der Waals surface area contributed by atoms with Crippen molar-refractivity contribution < 1.29 is 9.13 Å². The zero-order valence-electron chi connectivity index (χ0n) is 11.2. The van der Waals surface area contributed by atoms with Crippen LogP contribution in [0, 0.1) is 5.82 Å². The van der Waals surface area contributed by atoms with E-state index in [2.05, 4.69) is 15.0 Å². The number of rotatable bonds is 5. The van der Waals surface area contributed by atoms with Gasteiger partial charge in [0.1, 0.15) is 5.82 Å². The van der Waals surface area contributed by atoms with Crippen molar-refractivity contribution in [2.24, 2.45) is 0 Å². The maximum absolute atomic E-state index is 13.1. The van der Waals surface area contributed by atoms with Gasteiger partial charge in [-0.3, -0.25) is 0 Å². The molecule has 2 rings (SSSR count). The molecule has 0 bridgehead atoms. The third kappa shape index (κ3) is 3.77. The number of hydrogen-bond donors (Lipinski definition) is 0. The predicted molar refractivity (Wildman–Crippen MR) is 74.5 cm³/mol. The highest BCUT2D eigenvalue weighted by Crippen LogP contribution is 2.16. The molecule has 0 aliphatic heterocycles. The molecule has 2 aromatic rings. The molecule has 0 spiro atoms. The van der Waals surface area contributed by atoms with Crippen LogP contribution in [0.5, 0.6) is 6.01 Å². The number of aromatic nitrogens is 3. The topological polar surface area (TPSA) is 51.1 Å². The van der Waals surface area contributed by atoms with Gasteiger partial charge in [0.25, 0.3) is 0 Å². The van der Waals surface area contributed by atoms with Gasteiger partial charge < -0.3 is 9.64 Å². The molecule has 0 saturated carbocycles. The zero-order valence-corrected chi connectivity index (χ0v) is 11.9. The van der Waals surface area contributed by atoms with Crippen molar-refractivity contribution in [3.8, 4) is 6.01 Å². The molecule has 7 heteroatoms. The molecule has 0 atom stereocenters. The minimum absolute atomic E-state index is 0.0598. The van der Waals surface area contributed by atoms with Gasteiger partial charge in [-0.2, -0.15) is 15.0 Å². The molecule has 0 radical (unpaired) electrons. The van der Waals surface area contributed by atoms with E-state index in [4.69, 9.17) is 16.3 Å². The largest absolute Gasteiger partial charge is 0.464 e. The Morgan fingerprint density at radius 2 is 2.10 bits per heavy atom. The summed E-state index contributed by atoms with van der Waals surface area (Å²) in [5.41, 5.74) is 0.807. The second-order valence-electron chi connectivity index (χ2n) is 4.11. The standard InChI is InChI=1S/C13H14ClFN4O/c1-3-20-13-17-11(14)16-12(18-13)19(2)8-9-5-4-6-10(15)7-9/h4-7H,3,8H2,1-2H3. The number of anilines is 1. The Hall–Kier alpha value is -1.95. The van der Waals surface area contributed by atoms with Crippen molar-refractivity contribution in [1.29, 1.82) is 0 Å². The molecule has 0 aliphatic rings. The molecular formula is C13H14ClFN4O. The number of benzene rings is 1. The van der Waals surface area contributed by atoms with Gasteiger partial charge >= 0.3 is 6.01 Å². The van der Waals surface area contributed by atoms with E-state index in [1.54, 1.807) is 18.0 Å². The zero-order chi connectivity index (χ0) is 14.5. The Morgan fingerprint density at radius 1 is 1.30 bits per heavy atom. The fourth-order valence-electron chi connectivity index (χ4n) is 1.67. The molecule has 1 aromatic heterocycles. The van der Waals surface area contributed by atoms with Crippen molar-refractivity contribution in [2.45, 2.75) is 13.5 Å². The monoisotopic (exact) mass is 296 g/mol. The van der Waals surface area contributed by atoms with Gasteiger partial charge in [-0.1, -0.05) is 12.1 Å². The lowest BCUT2D eigenvalue weighted by Crippen LogP contribution is -2.20. The lowest BCUT2D eigenvalue weighted by molar-refractivity contribution is 0.311. The highest BCUT2D eigenvalue weighted by atomic mass is 35.5. The predicted octanol–water partition coefficient (Wildman–Crippen LogP) is 2.70. The van der Waals surface area contributed by atoms with Gasteiger partial charge in [0.15, 0.2) is 0 Å². The summed E-state index contributed by atoms with van der Waals surface area (Å²) in [5, 5.41) is 0.0598. The molecule has 0 N–H and O–H groups in total. The van der Waals surface area contributed by atoms with Crippen LogP contribution in [0.1, 0.15) is 12.5 Å². The van der Waals surface area contributed by atoms with E-state index in [0.29, 0.717) is 19.1 Å². The molecule has 5 nitrogen and oxygen atoms in total. The third-order valence-corrected chi connectivity index (χ3v) is 2.67. The van der Waals surface area contributed by atoms with Crippen molar-refractivity contribution >= 4 is 17.5 Å². The van der Waals surface area contributed by atoms with Crippen molar-refractivity contribution in [3.05, 3.63) is 40.9 Å². The van der Waals surface area contributed by atoms with E-state index in [1.807, 2.05) is 13.0 Å². The van der Waals surface area contributed by atoms with E-state index >= 15 is 0 Å². The van der Waals surface area contributed by atoms with Crippen LogP contribution < -0.4 is 9.64 Å². The number of halogens is 2. The summed E-state index contributed by atoms with van der Waals surface area (Å²) < 4.78 is 18.4. The second kappa shape index (κ2) is 6.47. The number of ether oxygens (including phenoxy) is 1. The van der Waals surface area contributed by atoms with Gasteiger partial charge in [-0.05, 0) is 36.2 Å². The maximum Gasteiger partial charge on any atom is 0.322 e. The first-order valence-electron chi connectivity index (χ1n) is 6.08. The summed E-state index contributed by atoms with van der Waals surface area (Å²) >= 11 is 5.83. The Kier molecular flexibility index (Phi) is 4.68. The Labute approximate surface area is 121 Å². The van der Waals surface area contributed by atoms with Crippen LogP contribution in [0.15, 0.2) is 24.3 Å². The maximum atomic E-state index is 13.1. The molecule has 0 unspecified atom stereocenters. The van der Waals surface area contributed by atoms with Crippen LogP contribution in [0.25, 0.3) is 0 Å². The molecule has 0 saturated heterocycles. The average molecular weight is 297 g/mol. The smallest absolute Gasteiger partial charge is 0.322 e. The third-order valence-electron chi connectivity index (χ3n) is 2.50. The summed E-state index contributed by atoms with van der Waals surface area (Å²) in [6.45, 7) is 2.71. The molecular weight excluding hydrogens is 283 g/mol. The van der Waals surface area contributed by atoms with Gasteiger partial charge in [0.05, 0.1) is 6.61 Å². The first-order chi connectivity index (χ1) is 9.58.